The van der Waals surface area contributed by atoms with Gasteiger partial charge in [-0.1, -0.05) is 62.4 Å². The van der Waals surface area contributed by atoms with Crippen molar-refractivity contribution in [3.63, 3.8) is 0 Å². The minimum atomic E-state index is -0.968. The van der Waals surface area contributed by atoms with Crippen LogP contribution in [-0.4, -0.2) is 42.0 Å². The Labute approximate surface area is 217 Å². The van der Waals surface area contributed by atoms with Crippen LogP contribution in [0.25, 0.3) is 0 Å². The van der Waals surface area contributed by atoms with Gasteiger partial charge in [-0.05, 0) is 54.8 Å². The highest BCUT2D eigenvalue weighted by Crippen LogP contribution is 2.21. The fourth-order valence-corrected chi connectivity index (χ4v) is 4.24. The molecule has 1 unspecified atom stereocenters. The Morgan fingerprint density at radius 1 is 0.838 bits per heavy atom. The Balaban J connectivity index is 1.72. The van der Waals surface area contributed by atoms with Crippen molar-refractivity contribution in [2.45, 2.75) is 38.8 Å². The lowest BCUT2D eigenvalue weighted by molar-refractivity contribution is -0.650. The summed E-state index contributed by atoms with van der Waals surface area (Å²) in [5, 5.41) is 14.1. The van der Waals surface area contributed by atoms with Crippen molar-refractivity contribution < 1.29 is 29.5 Å². The SMILES string of the molecule is CCC(CC)[C@H](C[NH2+]CC(=O)c1ccc(O)cc1)OC(=O)C(NC(=O)c1ccccc1)c1ccccc1. The number of ketones is 1. The van der Waals surface area contributed by atoms with E-state index in [2.05, 4.69) is 5.32 Å². The van der Waals surface area contributed by atoms with E-state index in [-0.39, 0.29) is 29.9 Å². The molecular formula is C30H35N2O5+. The molecule has 0 aromatic heterocycles. The summed E-state index contributed by atoms with van der Waals surface area (Å²) in [7, 11) is 0. The summed E-state index contributed by atoms with van der Waals surface area (Å²) in [6.07, 6.45) is 1.18. The predicted octanol–water partition coefficient (Wildman–Crippen LogP) is 3.66. The van der Waals surface area contributed by atoms with Crippen LogP contribution in [0.3, 0.4) is 0 Å². The monoisotopic (exact) mass is 503 g/mol. The Bertz CT molecular complexity index is 1150. The maximum absolute atomic E-state index is 13.5. The van der Waals surface area contributed by atoms with Gasteiger partial charge in [0, 0.05) is 17.0 Å². The van der Waals surface area contributed by atoms with E-state index in [0.717, 1.165) is 12.8 Å². The van der Waals surface area contributed by atoms with Gasteiger partial charge in [-0.25, -0.2) is 4.79 Å². The van der Waals surface area contributed by atoms with Crippen LogP contribution >= 0.6 is 0 Å². The molecule has 0 aliphatic heterocycles. The van der Waals surface area contributed by atoms with Crippen molar-refractivity contribution in [1.29, 1.82) is 0 Å². The average molecular weight is 504 g/mol. The van der Waals surface area contributed by atoms with E-state index in [4.69, 9.17) is 4.74 Å². The van der Waals surface area contributed by atoms with Gasteiger partial charge in [0.05, 0.1) is 0 Å². The van der Waals surface area contributed by atoms with E-state index >= 15 is 0 Å². The second-order valence-corrected chi connectivity index (χ2v) is 8.93. The van der Waals surface area contributed by atoms with Crippen LogP contribution in [0.1, 0.15) is 59.0 Å². The third kappa shape index (κ3) is 8.02. The number of carbonyl (C=O) groups is 3. The lowest BCUT2D eigenvalue weighted by Crippen LogP contribution is -2.88. The second-order valence-electron chi connectivity index (χ2n) is 8.93. The number of aromatic hydroxyl groups is 1. The van der Waals surface area contributed by atoms with Crippen LogP contribution in [0.5, 0.6) is 5.75 Å². The molecule has 37 heavy (non-hydrogen) atoms. The highest BCUT2D eigenvalue weighted by Gasteiger charge is 2.31. The number of phenols is 1. The van der Waals surface area contributed by atoms with Crippen LogP contribution in [0.15, 0.2) is 84.9 Å². The summed E-state index contributed by atoms with van der Waals surface area (Å²) in [5.74, 6) is -0.770. The molecule has 0 aliphatic carbocycles. The molecule has 7 nitrogen and oxygen atoms in total. The smallest absolute Gasteiger partial charge is 0.333 e. The fourth-order valence-electron chi connectivity index (χ4n) is 4.24. The number of ether oxygens (including phenoxy) is 1. The van der Waals surface area contributed by atoms with Gasteiger partial charge in [-0.3, -0.25) is 9.59 Å². The van der Waals surface area contributed by atoms with E-state index < -0.39 is 18.1 Å². The molecule has 0 heterocycles. The number of Topliss-reactive ketones (excluding diaryl/α,β-unsaturated/α-hetero) is 1. The van der Waals surface area contributed by atoms with E-state index in [1.54, 1.807) is 48.5 Å². The first kappa shape index (κ1) is 27.6. The molecule has 4 N–H and O–H groups in total. The number of phenolic OH excluding ortho intramolecular Hbond substituents is 1. The summed E-state index contributed by atoms with van der Waals surface area (Å²) >= 11 is 0. The second kappa shape index (κ2) is 13.9. The number of amides is 1. The summed E-state index contributed by atoms with van der Waals surface area (Å²) in [6.45, 7) is 4.69. The minimum Gasteiger partial charge on any atom is -0.508 e. The lowest BCUT2D eigenvalue weighted by Gasteiger charge is -2.27. The van der Waals surface area contributed by atoms with Gasteiger partial charge in [0.2, 0.25) is 5.78 Å². The molecule has 3 rings (SSSR count). The third-order valence-corrected chi connectivity index (χ3v) is 6.44. The van der Waals surface area contributed by atoms with Crippen LogP contribution in [0, 0.1) is 5.92 Å². The van der Waals surface area contributed by atoms with Crippen molar-refractivity contribution in [3.8, 4) is 5.75 Å². The maximum atomic E-state index is 13.5. The molecule has 0 radical (unpaired) electrons. The van der Waals surface area contributed by atoms with E-state index in [0.29, 0.717) is 23.2 Å². The van der Waals surface area contributed by atoms with Gasteiger partial charge in [0.1, 0.15) is 18.8 Å². The van der Waals surface area contributed by atoms with Gasteiger partial charge in [0.25, 0.3) is 5.91 Å². The number of benzene rings is 3. The highest BCUT2D eigenvalue weighted by molar-refractivity contribution is 5.97. The first-order valence-electron chi connectivity index (χ1n) is 12.7. The van der Waals surface area contributed by atoms with Crippen LogP contribution in [0.4, 0.5) is 0 Å². The molecule has 0 spiro atoms. The molecule has 2 atom stereocenters. The summed E-state index contributed by atoms with van der Waals surface area (Å²) < 4.78 is 6.02. The largest absolute Gasteiger partial charge is 0.508 e. The molecule has 0 saturated heterocycles. The molecule has 3 aromatic carbocycles. The number of hydrogen-bond acceptors (Lipinski definition) is 5. The number of esters is 1. The van der Waals surface area contributed by atoms with Crippen molar-refractivity contribution >= 4 is 17.7 Å². The summed E-state index contributed by atoms with van der Waals surface area (Å²) in [5.41, 5.74) is 1.60. The van der Waals surface area contributed by atoms with Gasteiger partial charge in [-0.15, -0.1) is 0 Å². The Hall–Kier alpha value is -3.97. The summed E-state index contributed by atoms with van der Waals surface area (Å²) in [6, 6.07) is 22.9. The third-order valence-electron chi connectivity index (χ3n) is 6.44. The molecule has 1 amide bonds. The van der Waals surface area contributed by atoms with Crippen molar-refractivity contribution in [3.05, 3.63) is 102 Å². The molecule has 3 aromatic rings. The number of rotatable bonds is 13. The number of nitrogens with one attached hydrogen (secondary N) is 1. The number of quaternary nitrogens is 1. The van der Waals surface area contributed by atoms with E-state index in [9.17, 15) is 19.5 Å². The zero-order chi connectivity index (χ0) is 26.6. The molecule has 194 valence electrons. The molecule has 0 saturated carbocycles. The molecule has 0 aliphatic rings. The normalized spacial score (nSPS) is 12.5. The standard InChI is InChI=1S/C30H34N2O5/c1-3-21(4-2)27(20-31-19-26(34)22-15-17-25(33)18-16-22)37-30(36)28(23-11-7-5-8-12-23)32-29(35)24-13-9-6-10-14-24/h5-18,21,27-28,31,33H,3-4,19-20H2,1-2H3,(H,32,35)/p+1/t27-,28?/m0/s1. The summed E-state index contributed by atoms with van der Waals surface area (Å²) in [4.78, 5) is 38.9. The van der Waals surface area contributed by atoms with E-state index in [1.165, 1.54) is 12.1 Å². The first-order chi connectivity index (χ1) is 17.9. The fraction of sp³-hybridized carbons (Fsp3) is 0.300. The van der Waals surface area contributed by atoms with Gasteiger partial charge in [-0.2, -0.15) is 0 Å². The Morgan fingerprint density at radius 2 is 1.43 bits per heavy atom. The van der Waals surface area contributed by atoms with Crippen molar-refractivity contribution in [1.82, 2.24) is 5.32 Å². The first-order valence-corrected chi connectivity index (χ1v) is 12.7. The molecular weight excluding hydrogens is 468 g/mol. The lowest BCUT2D eigenvalue weighted by atomic mass is 9.96. The zero-order valence-electron chi connectivity index (χ0n) is 21.3. The number of nitrogens with two attached hydrogens (primary N) is 1. The van der Waals surface area contributed by atoms with Gasteiger partial charge < -0.3 is 20.5 Å². The predicted molar refractivity (Wildman–Crippen MR) is 141 cm³/mol. The topological polar surface area (TPSA) is 109 Å². The average Bonchev–Trinajstić information content (AvgIpc) is 2.93. The number of hydrogen-bond donors (Lipinski definition) is 3. The van der Waals surface area contributed by atoms with Crippen molar-refractivity contribution in [2.24, 2.45) is 5.92 Å². The van der Waals surface area contributed by atoms with Gasteiger partial charge >= 0.3 is 5.97 Å². The quantitative estimate of drug-likeness (QED) is 0.244. The maximum Gasteiger partial charge on any atom is 0.333 e. The van der Waals surface area contributed by atoms with Gasteiger partial charge in [0.15, 0.2) is 12.1 Å². The zero-order valence-corrected chi connectivity index (χ0v) is 21.3. The minimum absolute atomic E-state index is 0.0769. The Kier molecular flexibility index (Phi) is 10.4. The van der Waals surface area contributed by atoms with E-state index in [1.807, 2.05) is 43.4 Å². The molecule has 0 fully saturated rings. The number of carbonyl (C=O) groups excluding carboxylic acids is 3. The van der Waals surface area contributed by atoms with Crippen LogP contribution < -0.4 is 10.6 Å². The van der Waals surface area contributed by atoms with Crippen molar-refractivity contribution in [2.75, 3.05) is 13.1 Å². The van der Waals surface area contributed by atoms with Crippen LogP contribution in [0.2, 0.25) is 0 Å². The van der Waals surface area contributed by atoms with Crippen LogP contribution in [-0.2, 0) is 9.53 Å². The molecule has 0 bridgehead atoms. The highest BCUT2D eigenvalue weighted by atomic mass is 16.5. The molecule has 7 heteroatoms. The Morgan fingerprint density at radius 3 is 2.03 bits per heavy atom.